The smallest absolute Gasteiger partial charge is 0.324 e. The summed E-state index contributed by atoms with van der Waals surface area (Å²) in [5.74, 6) is -0.650. The number of fused-ring (bicyclic) bond motifs is 1. The lowest BCUT2D eigenvalue weighted by molar-refractivity contribution is -0.131. The summed E-state index contributed by atoms with van der Waals surface area (Å²) < 4.78 is 1.57. The van der Waals surface area contributed by atoms with Gasteiger partial charge in [0, 0.05) is 32.7 Å². The highest BCUT2D eigenvalue weighted by molar-refractivity contribution is 6.30. The normalized spacial score (nSPS) is 12.0. The van der Waals surface area contributed by atoms with Crippen molar-refractivity contribution in [3.63, 3.8) is 0 Å². The fourth-order valence-corrected chi connectivity index (χ4v) is 4.36. The summed E-state index contributed by atoms with van der Waals surface area (Å²) in [6, 6.07) is 11.4. The number of amides is 3. The average molecular weight is 512 g/mol. The fraction of sp³-hybridized carbons (Fsp3) is 0.393. The van der Waals surface area contributed by atoms with Crippen LogP contribution in [0.25, 0.3) is 10.9 Å². The van der Waals surface area contributed by atoms with Crippen molar-refractivity contribution in [1.29, 1.82) is 0 Å². The van der Waals surface area contributed by atoms with E-state index in [2.05, 4.69) is 5.32 Å². The molecule has 0 atom stereocenters. The summed E-state index contributed by atoms with van der Waals surface area (Å²) in [6.45, 7) is 12.6. The molecule has 0 bridgehead atoms. The van der Waals surface area contributed by atoms with Crippen molar-refractivity contribution in [2.45, 2.75) is 72.6 Å². The molecule has 0 radical (unpaired) electrons. The number of nitrogens with zero attached hydrogens (tertiary/aromatic N) is 2. The van der Waals surface area contributed by atoms with E-state index < -0.39 is 17.1 Å². The van der Waals surface area contributed by atoms with E-state index in [1.807, 2.05) is 20.8 Å². The molecule has 0 aliphatic carbocycles. The molecule has 3 amide bonds. The number of benzene rings is 2. The number of aliphatic hydroxyl groups is 1. The number of hydrogen-bond donors (Lipinski definition) is 2. The summed E-state index contributed by atoms with van der Waals surface area (Å²) in [7, 11) is 0. The number of carbonyl (C=O) groups is 3. The molecule has 3 aromatic rings. The molecule has 8 heteroatoms. The van der Waals surface area contributed by atoms with Crippen molar-refractivity contribution in [3.05, 3.63) is 69.9 Å². The van der Waals surface area contributed by atoms with E-state index in [0.29, 0.717) is 38.3 Å². The van der Waals surface area contributed by atoms with E-state index in [1.165, 1.54) is 4.90 Å². The molecule has 3 rings (SSSR count). The first kappa shape index (κ1) is 27.4. The molecule has 2 aromatic carbocycles. The number of aromatic nitrogens is 1. The monoisotopic (exact) mass is 511 g/mol. The van der Waals surface area contributed by atoms with E-state index in [1.54, 1.807) is 74.7 Å². The molecule has 0 aliphatic rings. The second-order valence-electron chi connectivity index (χ2n) is 11.0. The van der Waals surface area contributed by atoms with Gasteiger partial charge in [0.1, 0.15) is 0 Å². The van der Waals surface area contributed by atoms with Gasteiger partial charge in [-0.3, -0.25) is 19.1 Å². The van der Waals surface area contributed by atoms with Crippen LogP contribution in [0.5, 0.6) is 0 Å². The second kappa shape index (κ2) is 10.1. The maximum Gasteiger partial charge on any atom is 0.324 e. The Bertz CT molecular complexity index is 1310. The van der Waals surface area contributed by atoms with Gasteiger partial charge in [-0.15, -0.1) is 0 Å². The van der Waals surface area contributed by atoms with Crippen molar-refractivity contribution >= 4 is 40.3 Å². The predicted octanol–water partition coefficient (Wildman–Crippen LogP) is 5.46. The number of nitrogens with one attached hydrogen (secondary N) is 1. The maximum atomic E-state index is 13.6. The van der Waals surface area contributed by atoms with Crippen molar-refractivity contribution in [2.24, 2.45) is 0 Å². The summed E-state index contributed by atoms with van der Waals surface area (Å²) in [5, 5.41) is 13.8. The maximum absolute atomic E-state index is 13.6. The molecule has 36 heavy (non-hydrogen) atoms. The van der Waals surface area contributed by atoms with Crippen LogP contribution in [0.4, 0.5) is 4.79 Å². The molecular formula is C28H34ClN3O4. The molecule has 0 saturated heterocycles. The number of rotatable bonds is 4. The molecule has 1 heterocycles. The van der Waals surface area contributed by atoms with Crippen LogP contribution in [0.2, 0.25) is 5.02 Å². The lowest BCUT2D eigenvalue weighted by atomic mass is 10.0. The largest absolute Gasteiger partial charge is 0.392 e. The topological polar surface area (TPSA) is 91.6 Å². The number of hydrogen-bond acceptors (Lipinski definition) is 4. The highest BCUT2D eigenvalue weighted by Crippen LogP contribution is 2.30. The number of halogens is 1. The number of carbonyl (C=O) groups excluding carboxylic acids is 3. The molecule has 0 aliphatic heterocycles. The van der Waals surface area contributed by atoms with Crippen LogP contribution >= 0.6 is 11.6 Å². The first-order chi connectivity index (χ1) is 16.6. The van der Waals surface area contributed by atoms with Gasteiger partial charge < -0.3 is 10.4 Å². The van der Waals surface area contributed by atoms with Crippen LogP contribution in [0, 0.1) is 6.92 Å². The third-order valence-electron chi connectivity index (χ3n) is 5.81. The molecule has 2 N–H and O–H groups in total. The number of imide groups is 1. The summed E-state index contributed by atoms with van der Waals surface area (Å²) in [6.07, 6.45) is -0.0903. The first-order valence-corrected chi connectivity index (χ1v) is 12.2. The fourth-order valence-electron chi connectivity index (χ4n) is 4.23. The van der Waals surface area contributed by atoms with Crippen LogP contribution in [0.15, 0.2) is 42.5 Å². The molecule has 7 nitrogen and oxygen atoms in total. The second-order valence-corrected chi connectivity index (χ2v) is 11.4. The third-order valence-corrected chi connectivity index (χ3v) is 6.06. The van der Waals surface area contributed by atoms with Gasteiger partial charge in [0.2, 0.25) is 5.91 Å². The van der Waals surface area contributed by atoms with Crippen LogP contribution in [0.3, 0.4) is 0 Å². The Labute approximate surface area is 217 Å². The Morgan fingerprint density at radius 2 is 1.61 bits per heavy atom. The van der Waals surface area contributed by atoms with Crippen LogP contribution in [0.1, 0.15) is 68.7 Å². The van der Waals surface area contributed by atoms with E-state index in [-0.39, 0.29) is 24.8 Å². The Kier molecular flexibility index (Phi) is 7.67. The van der Waals surface area contributed by atoms with Crippen LogP contribution < -0.4 is 5.32 Å². The summed E-state index contributed by atoms with van der Waals surface area (Å²) in [4.78, 5) is 41.5. The van der Waals surface area contributed by atoms with E-state index in [9.17, 15) is 19.5 Å². The molecule has 0 unspecified atom stereocenters. The van der Waals surface area contributed by atoms with Crippen LogP contribution in [-0.2, 0) is 17.8 Å². The van der Waals surface area contributed by atoms with Crippen molar-refractivity contribution in [3.8, 4) is 0 Å². The predicted molar refractivity (Wildman–Crippen MR) is 142 cm³/mol. The Balaban J connectivity index is 2.12. The van der Waals surface area contributed by atoms with Gasteiger partial charge in [-0.1, -0.05) is 17.7 Å². The molecular weight excluding hydrogens is 478 g/mol. The third kappa shape index (κ3) is 5.79. The lowest BCUT2D eigenvalue weighted by Crippen LogP contribution is -2.57. The molecule has 0 spiro atoms. The molecule has 192 valence electrons. The quantitative estimate of drug-likeness (QED) is 0.486. The summed E-state index contributed by atoms with van der Waals surface area (Å²) in [5.41, 5.74) is 1.66. The Morgan fingerprint density at radius 1 is 1.00 bits per heavy atom. The molecule has 0 saturated carbocycles. The first-order valence-electron chi connectivity index (χ1n) is 11.8. The van der Waals surface area contributed by atoms with Gasteiger partial charge in [-0.2, -0.15) is 0 Å². The van der Waals surface area contributed by atoms with E-state index >= 15 is 0 Å². The Morgan fingerprint density at radius 3 is 2.14 bits per heavy atom. The van der Waals surface area contributed by atoms with Gasteiger partial charge in [-0.25, -0.2) is 4.79 Å². The van der Waals surface area contributed by atoms with Gasteiger partial charge in [-0.05, 0) is 96.0 Å². The van der Waals surface area contributed by atoms with Gasteiger partial charge >= 0.3 is 6.03 Å². The average Bonchev–Trinajstić information content (AvgIpc) is 3.02. The lowest BCUT2D eigenvalue weighted by Gasteiger charge is -2.36. The Hall–Kier alpha value is -3.16. The molecule has 1 aromatic heterocycles. The standard InChI is InChI=1S/C28H34ClN3O4/c1-17-21(15-24(34)32(28(5,6)7)26(36)30-27(2,3)4)22-14-18(16-33)8-13-23(22)31(17)25(35)19-9-11-20(29)12-10-19/h8-14,33H,15-16H2,1-7H3,(H,30,36). The molecule has 0 fully saturated rings. The zero-order valence-corrected chi connectivity index (χ0v) is 22.7. The zero-order chi connectivity index (χ0) is 27.0. The van der Waals surface area contributed by atoms with Crippen molar-refractivity contribution in [2.75, 3.05) is 0 Å². The highest BCUT2D eigenvalue weighted by atomic mass is 35.5. The van der Waals surface area contributed by atoms with E-state index in [0.717, 1.165) is 0 Å². The van der Waals surface area contributed by atoms with Crippen LogP contribution in [-0.4, -0.2) is 43.5 Å². The van der Waals surface area contributed by atoms with E-state index in [4.69, 9.17) is 11.6 Å². The van der Waals surface area contributed by atoms with Crippen molar-refractivity contribution < 1.29 is 19.5 Å². The van der Waals surface area contributed by atoms with Gasteiger partial charge in [0.05, 0.1) is 18.5 Å². The SMILES string of the molecule is Cc1c(CC(=O)N(C(=O)NC(C)(C)C)C(C)(C)C)c2cc(CO)ccc2n1C(=O)c1ccc(Cl)cc1. The van der Waals surface area contributed by atoms with Gasteiger partial charge in [0.15, 0.2) is 0 Å². The minimum absolute atomic E-state index is 0.0903. The minimum atomic E-state index is -0.770. The highest BCUT2D eigenvalue weighted by Gasteiger charge is 2.35. The minimum Gasteiger partial charge on any atom is -0.392 e. The number of aliphatic hydroxyl groups excluding tert-OH is 1. The van der Waals surface area contributed by atoms with Crippen molar-refractivity contribution in [1.82, 2.24) is 14.8 Å². The zero-order valence-electron chi connectivity index (χ0n) is 21.9. The number of urea groups is 1. The summed E-state index contributed by atoms with van der Waals surface area (Å²) >= 11 is 6.00. The van der Waals surface area contributed by atoms with Gasteiger partial charge in [0.25, 0.3) is 5.91 Å².